The minimum absolute atomic E-state index is 0.0678. The predicted molar refractivity (Wildman–Crippen MR) is 72.9 cm³/mol. The molecule has 104 valence electrons. The number of aromatic amines is 1. The van der Waals surface area contributed by atoms with Crippen molar-refractivity contribution in [2.24, 2.45) is 0 Å². The van der Waals surface area contributed by atoms with Crippen LogP contribution in [-0.2, 0) is 0 Å². The van der Waals surface area contributed by atoms with E-state index in [0.29, 0.717) is 5.69 Å². The molecule has 1 saturated heterocycles. The van der Waals surface area contributed by atoms with E-state index >= 15 is 0 Å². The normalized spacial score (nSPS) is 15.8. The molecule has 20 heavy (non-hydrogen) atoms. The fourth-order valence-corrected chi connectivity index (χ4v) is 2.25. The highest BCUT2D eigenvalue weighted by Gasteiger charge is 2.26. The van der Waals surface area contributed by atoms with E-state index in [1.54, 1.807) is 0 Å². The minimum Gasteiger partial charge on any atom is -0.487 e. The lowest BCUT2D eigenvalue weighted by Gasteiger charge is -2.36. The number of carboxylic acid groups (broad SMARTS) is 1. The Morgan fingerprint density at radius 1 is 1.45 bits per heavy atom. The number of carbonyl (C=O) groups is 1. The number of nitrogens with zero attached hydrogens (tertiary/aromatic N) is 2. The quantitative estimate of drug-likeness (QED) is 0.882. The molecule has 6 heteroatoms. The Labute approximate surface area is 116 Å². The van der Waals surface area contributed by atoms with E-state index in [4.69, 9.17) is 9.84 Å². The lowest BCUT2D eigenvalue weighted by molar-refractivity contribution is 0.0392. The number of hydrogen-bond donors (Lipinski definition) is 2. The molecule has 3 rings (SSSR count). The van der Waals surface area contributed by atoms with Gasteiger partial charge in [0.2, 0.25) is 0 Å². The maximum atomic E-state index is 10.9. The molecule has 1 aliphatic rings. The van der Waals surface area contributed by atoms with Crippen LogP contribution in [0.5, 0.6) is 5.75 Å². The molecule has 0 atom stereocenters. The molecule has 1 fully saturated rings. The topological polar surface area (TPSA) is 78.5 Å². The van der Waals surface area contributed by atoms with Crippen LogP contribution in [0.25, 0.3) is 11.3 Å². The third kappa shape index (κ3) is 2.37. The summed E-state index contributed by atoms with van der Waals surface area (Å²) in [5, 5.41) is 15.5. The van der Waals surface area contributed by atoms with Crippen LogP contribution in [0.4, 0.5) is 0 Å². The van der Waals surface area contributed by atoms with Crippen molar-refractivity contribution in [2.45, 2.75) is 6.10 Å². The first-order chi connectivity index (χ1) is 9.63. The molecule has 1 aromatic carbocycles. The lowest BCUT2D eigenvalue weighted by atomic mass is 10.1. The maximum Gasteiger partial charge on any atom is 0.353 e. The molecule has 0 bridgehead atoms. The van der Waals surface area contributed by atoms with Gasteiger partial charge in [-0.2, -0.15) is 5.10 Å². The zero-order valence-electron chi connectivity index (χ0n) is 11.0. The molecule has 2 N–H and O–H groups in total. The molecule has 0 spiro atoms. The Morgan fingerprint density at radius 3 is 2.85 bits per heavy atom. The van der Waals surface area contributed by atoms with Crippen molar-refractivity contribution in [2.75, 3.05) is 20.1 Å². The van der Waals surface area contributed by atoms with Gasteiger partial charge in [-0.15, -0.1) is 0 Å². The van der Waals surface area contributed by atoms with Gasteiger partial charge in [0.15, 0.2) is 0 Å². The van der Waals surface area contributed by atoms with Gasteiger partial charge < -0.3 is 9.84 Å². The Kier molecular flexibility index (Phi) is 3.15. The summed E-state index contributed by atoms with van der Waals surface area (Å²) < 4.78 is 5.93. The summed E-state index contributed by atoms with van der Waals surface area (Å²) >= 11 is 0. The number of para-hydroxylation sites is 1. The minimum atomic E-state index is -1.03. The molecule has 2 heterocycles. The van der Waals surface area contributed by atoms with Gasteiger partial charge in [0.1, 0.15) is 17.5 Å². The second-order valence-corrected chi connectivity index (χ2v) is 4.93. The summed E-state index contributed by atoms with van der Waals surface area (Å²) in [6.45, 7) is 1.80. The summed E-state index contributed by atoms with van der Waals surface area (Å²) in [5.74, 6) is -0.295. The van der Waals surface area contributed by atoms with Crippen molar-refractivity contribution in [3.63, 3.8) is 0 Å². The van der Waals surface area contributed by atoms with Crippen molar-refractivity contribution in [3.8, 4) is 17.0 Å². The fraction of sp³-hybridized carbons (Fsp3) is 0.286. The van der Waals surface area contributed by atoms with Gasteiger partial charge in [-0.05, 0) is 25.2 Å². The lowest BCUT2D eigenvalue weighted by Crippen LogP contribution is -2.51. The van der Waals surface area contributed by atoms with Crippen LogP contribution >= 0.6 is 0 Å². The highest BCUT2D eigenvalue weighted by Crippen LogP contribution is 2.30. The molecule has 0 saturated carbocycles. The number of carboxylic acids is 1. The van der Waals surface area contributed by atoms with Gasteiger partial charge in [0.05, 0.1) is 5.69 Å². The summed E-state index contributed by atoms with van der Waals surface area (Å²) in [6.07, 6.45) is 0.180. The van der Waals surface area contributed by atoms with Gasteiger partial charge in [-0.3, -0.25) is 10.00 Å². The number of nitrogens with one attached hydrogen (secondary N) is 1. The number of benzene rings is 1. The van der Waals surface area contributed by atoms with Gasteiger partial charge in [0, 0.05) is 18.7 Å². The van der Waals surface area contributed by atoms with Crippen molar-refractivity contribution in [1.82, 2.24) is 15.1 Å². The molecule has 0 unspecified atom stereocenters. The first kappa shape index (κ1) is 12.7. The van der Waals surface area contributed by atoms with Gasteiger partial charge in [-0.25, -0.2) is 4.79 Å². The molecular formula is C14H15N3O3. The molecule has 0 radical (unpaired) electrons. The molecule has 6 nitrogen and oxygen atoms in total. The van der Waals surface area contributed by atoms with Crippen LogP contribution in [0.15, 0.2) is 30.3 Å². The van der Waals surface area contributed by atoms with Crippen LogP contribution in [0.3, 0.4) is 0 Å². The molecule has 0 amide bonds. The number of rotatable bonds is 4. The number of aromatic carboxylic acids is 1. The van der Waals surface area contributed by atoms with Crippen molar-refractivity contribution in [3.05, 3.63) is 36.0 Å². The van der Waals surface area contributed by atoms with E-state index in [-0.39, 0.29) is 11.8 Å². The van der Waals surface area contributed by atoms with Crippen LogP contribution in [0.2, 0.25) is 0 Å². The largest absolute Gasteiger partial charge is 0.487 e. The third-order valence-electron chi connectivity index (χ3n) is 3.30. The number of likely N-dealkylation sites (N-methyl/N-ethyl adjacent to an activating group) is 1. The van der Waals surface area contributed by atoms with Crippen LogP contribution < -0.4 is 4.74 Å². The monoisotopic (exact) mass is 273 g/mol. The zero-order valence-corrected chi connectivity index (χ0v) is 11.0. The van der Waals surface area contributed by atoms with Crippen molar-refractivity contribution in [1.29, 1.82) is 0 Å². The third-order valence-corrected chi connectivity index (χ3v) is 3.30. The first-order valence-electron chi connectivity index (χ1n) is 6.37. The van der Waals surface area contributed by atoms with Crippen LogP contribution in [0.1, 0.15) is 10.5 Å². The highest BCUT2D eigenvalue weighted by molar-refractivity contribution is 5.87. The van der Waals surface area contributed by atoms with Crippen molar-refractivity contribution < 1.29 is 14.6 Å². The van der Waals surface area contributed by atoms with E-state index in [1.807, 2.05) is 31.3 Å². The number of H-pyrrole nitrogens is 1. The summed E-state index contributed by atoms with van der Waals surface area (Å²) in [4.78, 5) is 13.1. The maximum absolute atomic E-state index is 10.9. The zero-order chi connectivity index (χ0) is 14.1. The highest BCUT2D eigenvalue weighted by atomic mass is 16.5. The van der Waals surface area contributed by atoms with E-state index in [2.05, 4.69) is 15.1 Å². The van der Waals surface area contributed by atoms with E-state index in [1.165, 1.54) is 6.07 Å². The average Bonchev–Trinajstić information content (AvgIpc) is 2.87. The number of ether oxygens (including phenoxy) is 1. The molecular weight excluding hydrogens is 258 g/mol. The summed E-state index contributed by atoms with van der Waals surface area (Å²) in [7, 11) is 2.04. The smallest absolute Gasteiger partial charge is 0.353 e. The van der Waals surface area contributed by atoms with Gasteiger partial charge in [0.25, 0.3) is 0 Å². The molecule has 2 aromatic rings. The van der Waals surface area contributed by atoms with Gasteiger partial charge in [-0.1, -0.05) is 12.1 Å². The Hall–Kier alpha value is -2.34. The van der Waals surface area contributed by atoms with E-state index in [0.717, 1.165) is 24.4 Å². The predicted octanol–water partition coefficient (Wildman–Crippen LogP) is 1.47. The number of aromatic nitrogens is 2. The Bertz CT molecular complexity index is 632. The van der Waals surface area contributed by atoms with E-state index < -0.39 is 5.97 Å². The average molecular weight is 273 g/mol. The number of likely N-dealkylation sites (tertiary alicyclic amines) is 1. The van der Waals surface area contributed by atoms with Crippen LogP contribution in [-0.4, -0.2) is 52.4 Å². The standard InChI is InChI=1S/C14H15N3O3/c1-17-7-9(8-17)20-13-5-3-2-4-10(13)11-6-12(14(18)19)16-15-11/h2-6,9H,7-8H2,1H3,(H,15,16)(H,18,19). The second-order valence-electron chi connectivity index (χ2n) is 4.93. The summed E-state index contributed by atoms with van der Waals surface area (Å²) in [6, 6.07) is 9.04. The molecule has 0 aliphatic carbocycles. The molecule has 1 aliphatic heterocycles. The SMILES string of the molecule is CN1CC(Oc2ccccc2-c2cc(C(=O)O)[nH]n2)C1. The van der Waals surface area contributed by atoms with Gasteiger partial charge >= 0.3 is 5.97 Å². The molecule has 1 aromatic heterocycles. The number of hydrogen-bond acceptors (Lipinski definition) is 4. The van der Waals surface area contributed by atoms with Crippen molar-refractivity contribution >= 4 is 5.97 Å². The van der Waals surface area contributed by atoms with E-state index in [9.17, 15) is 4.79 Å². The van der Waals surface area contributed by atoms with Crippen LogP contribution in [0, 0.1) is 0 Å². The first-order valence-corrected chi connectivity index (χ1v) is 6.37. The Morgan fingerprint density at radius 2 is 2.20 bits per heavy atom. The second kappa shape index (κ2) is 4.97. The fourth-order valence-electron chi connectivity index (χ4n) is 2.25. The Balaban J connectivity index is 1.86. The summed E-state index contributed by atoms with van der Waals surface area (Å²) in [5.41, 5.74) is 1.44.